The molecule has 4 heteroatoms. The first-order chi connectivity index (χ1) is 4.43. The van der Waals surface area contributed by atoms with Crippen LogP contribution in [0.3, 0.4) is 0 Å². The van der Waals surface area contributed by atoms with E-state index in [0.29, 0.717) is 12.5 Å². The smallest absolute Gasteiger partial charge is 0.221 e. The predicted octanol–water partition coefficient (Wildman–Crippen LogP) is -1.40. The van der Waals surface area contributed by atoms with E-state index in [0.717, 1.165) is 19.5 Å². The van der Waals surface area contributed by atoms with Gasteiger partial charge in [0.05, 0.1) is 0 Å². The van der Waals surface area contributed by atoms with Gasteiger partial charge in [0.2, 0.25) is 6.41 Å². The van der Waals surface area contributed by atoms with E-state index < -0.39 is 0 Å². The van der Waals surface area contributed by atoms with E-state index in [1.807, 2.05) is 0 Å². The fraction of sp³-hybridized carbons (Fsp3) is 0.800. The van der Waals surface area contributed by atoms with Crippen LogP contribution in [0.2, 0.25) is 0 Å². The van der Waals surface area contributed by atoms with Crippen LogP contribution in [0.15, 0.2) is 0 Å². The highest BCUT2D eigenvalue weighted by Gasteiger charge is 2.11. The van der Waals surface area contributed by atoms with Gasteiger partial charge in [-0.3, -0.25) is 10.2 Å². The molecule has 1 amide bonds. The Morgan fingerprint density at radius 3 is 3.11 bits per heavy atom. The minimum Gasteiger partial charge on any atom is -0.315 e. The molecule has 9 heavy (non-hydrogen) atoms. The Morgan fingerprint density at radius 2 is 2.56 bits per heavy atom. The van der Waals surface area contributed by atoms with Gasteiger partial charge in [-0.25, -0.2) is 5.43 Å². The van der Waals surface area contributed by atoms with Gasteiger partial charge in [0.25, 0.3) is 0 Å². The van der Waals surface area contributed by atoms with Gasteiger partial charge in [0, 0.05) is 12.6 Å². The Morgan fingerprint density at radius 1 is 1.67 bits per heavy atom. The summed E-state index contributed by atoms with van der Waals surface area (Å²) in [5.41, 5.74) is 5.27. The van der Waals surface area contributed by atoms with E-state index in [1.54, 1.807) is 0 Å². The lowest BCUT2D eigenvalue weighted by molar-refractivity contribution is -0.110. The first kappa shape index (κ1) is 6.51. The fourth-order valence-electron chi connectivity index (χ4n) is 0.930. The van der Waals surface area contributed by atoms with E-state index >= 15 is 0 Å². The lowest BCUT2D eigenvalue weighted by Crippen LogP contribution is -2.40. The topological polar surface area (TPSA) is 53.2 Å². The number of rotatable bonds is 3. The zero-order chi connectivity index (χ0) is 6.53. The molecule has 1 heterocycles. The Balaban J connectivity index is 2.04. The van der Waals surface area contributed by atoms with Crippen LogP contribution in [0, 0.1) is 0 Å². The maximum atomic E-state index is 9.77. The second-order valence-corrected chi connectivity index (χ2v) is 2.10. The SMILES string of the molecule is O=CNNC1CCNC1. The summed E-state index contributed by atoms with van der Waals surface area (Å²) >= 11 is 0. The number of hydrogen-bond donors (Lipinski definition) is 3. The normalized spacial score (nSPS) is 26.0. The van der Waals surface area contributed by atoms with Crippen LogP contribution in [0.1, 0.15) is 6.42 Å². The van der Waals surface area contributed by atoms with E-state index in [2.05, 4.69) is 16.2 Å². The van der Waals surface area contributed by atoms with Crippen LogP contribution < -0.4 is 16.2 Å². The number of hydrazine groups is 1. The molecule has 0 aromatic carbocycles. The molecule has 52 valence electrons. The van der Waals surface area contributed by atoms with Crippen LogP contribution in [-0.4, -0.2) is 25.5 Å². The third-order valence-corrected chi connectivity index (χ3v) is 1.41. The van der Waals surface area contributed by atoms with Gasteiger partial charge in [-0.05, 0) is 13.0 Å². The fourth-order valence-corrected chi connectivity index (χ4v) is 0.930. The molecule has 1 aliphatic heterocycles. The van der Waals surface area contributed by atoms with Crippen molar-refractivity contribution in [2.24, 2.45) is 0 Å². The van der Waals surface area contributed by atoms with Gasteiger partial charge in [0.1, 0.15) is 0 Å². The molecule has 1 rings (SSSR count). The van der Waals surface area contributed by atoms with Gasteiger partial charge in [-0.1, -0.05) is 0 Å². The summed E-state index contributed by atoms with van der Waals surface area (Å²) < 4.78 is 0. The van der Waals surface area contributed by atoms with Gasteiger partial charge in [-0.2, -0.15) is 0 Å². The summed E-state index contributed by atoms with van der Waals surface area (Å²) in [7, 11) is 0. The summed E-state index contributed by atoms with van der Waals surface area (Å²) in [6.45, 7) is 1.99. The van der Waals surface area contributed by atoms with Crippen LogP contribution >= 0.6 is 0 Å². The summed E-state index contributed by atoms with van der Waals surface area (Å²) in [4.78, 5) is 9.77. The second kappa shape index (κ2) is 3.42. The third kappa shape index (κ3) is 1.99. The number of amides is 1. The van der Waals surface area contributed by atoms with E-state index in [-0.39, 0.29) is 0 Å². The number of carbonyl (C=O) groups is 1. The zero-order valence-corrected chi connectivity index (χ0v) is 5.18. The van der Waals surface area contributed by atoms with Crippen molar-refractivity contribution in [2.45, 2.75) is 12.5 Å². The maximum Gasteiger partial charge on any atom is 0.221 e. The van der Waals surface area contributed by atoms with Crippen molar-refractivity contribution in [3.63, 3.8) is 0 Å². The lowest BCUT2D eigenvalue weighted by atomic mass is 10.3. The lowest BCUT2D eigenvalue weighted by Gasteiger charge is -2.07. The van der Waals surface area contributed by atoms with Crippen LogP contribution in [0.5, 0.6) is 0 Å². The summed E-state index contributed by atoms with van der Waals surface area (Å²) in [6.07, 6.45) is 1.74. The van der Waals surface area contributed by atoms with Gasteiger partial charge in [-0.15, -0.1) is 0 Å². The Hall–Kier alpha value is -0.610. The zero-order valence-electron chi connectivity index (χ0n) is 5.18. The van der Waals surface area contributed by atoms with Crippen molar-refractivity contribution in [1.82, 2.24) is 16.2 Å². The summed E-state index contributed by atoms with van der Waals surface area (Å²) in [6, 6.07) is 0.412. The Bertz CT molecular complexity index is 90.2. The molecular formula is C5H11N3O. The summed E-state index contributed by atoms with van der Waals surface area (Å²) in [5.74, 6) is 0. The minimum atomic E-state index is 0.412. The molecule has 1 saturated heterocycles. The average molecular weight is 129 g/mol. The number of hydrogen-bond acceptors (Lipinski definition) is 3. The van der Waals surface area contributed by atoms with Crippen molar-refractivity contribution >= 4 is 6.41 Å². The molecule has 1 aliphatic rings. The maximum absolute atomic E-state index is 9.77. The standard InChI is InChI=1S/C5H11N3O/c9-4-7-8-5-1-2-6-3-5/h4-6,8H,1-3H2,(H,7,9). The quantitative estimate of drug-likeness (QED) is 0.324. The average Bonchev–Trinajstić information content (AvgIpc) is 2.34. The van der Waals surface area contributed by atoms with Crippen molar-refractivity contribution in [2.75, 3.05) is 13.1 Å². The van der Waals surface area contributed by atoms with Crippen molar-refractivity contribution in [3.8, 4) is 0 Å². The van der Waals surface area contributed by atoms with Crippen LogP contribution in [0.4, 0.5) is 0 Å². The molecule has 0 radical (unpaired) electrons. The molecule has 1 fully saturated rings. The molecule has 0 bridgehead atoms. The van der Waals surface area contributed by atoms with E-state index in [9.17, 15) is 4.79 Å². The van der Waals surface area contributed by atoms with Crippen LogP contribution in [0.25, 0.3) is 0 Å². The molecule has 4 nitrogen and oxygen atoms in total. The largest absolute Gasteiger partial charge is 0.315 e. The predicted molar refractivity (Wildman–Crippen MR) is 33.6 cm³/mol. The second-order valence-electron chi connectivity index (χ2n) is 2.10. The molecule has 3 N–H and O–H groups in total. The van der Waals surface area contributed by atoms with Crippen molar-refractivity contribution in [3.05, 3.63) is 0 Å². The minimum absolute atomic E-state index is 0.412. The van der Waals surface area contributed by atoms with Gasteiger partial charge >= 0.3 is 0 Å². The number of nitrogens with one attached hydrogen (secondary N) is 3. The number of carbonyl (C=O) groups excluding carboxylic acids is 1. The van der Waals surface area contributed by atoms with Gasteiger partial charge in [0.15, 0.2) is 0 Å². The van der Waals surface area contributed by atoms with Crippen molar-refractivity contribution in [1.29, 1.82) is 0 Å². The molecule has 0 aliphatic carbocycles. The van der Waals surface area contributed by atoms with Gasteiger partial charge < -0.3 is 5.32 Å². The van der Waals surface area contributed by atoms with E-state index in [1.165, 1.54) is 0 Å². The highest BCUT2D eigenvalue weighted by atomic mass is 16.1. The molecule has 0 aromatic heterocycles. The first-order valence-corrected chi connectivity index (χ1v) is 3.09. The van der Waals surface area contributed by atoms with Crippen molar-refractivity contribution < 1.29 is 4.79 Å². The van der Waals surface area contributed by atoms with E-state index in [4.69, 9.17) is 0 Å². The first-order valence-electron chi connectivity index (χ1n) is 3.09. The Labute approximate surface area is 54.0 Å². The Kier molecular flexibility index (Phi) is 2.48. The summed E-state index contributed by atoms with van der Waals surface area (Å²) in [5, 5.41) is 3.16. The molecule has 0 saturated carbocycles. The van der Waals surface area contributed by atoms with Crippen LogP contribution in [-0.2, 0) is 4.79 Å². The molecule has 1 atom stereocenters. The molecule has 1 unspecified atom stereocenters. The molecule has 0 aromatic rings. The molecular weight excluding hydrogens is 118 g/mol. The molecule has 0 spiro atoms. The monoisotopic (exact) mass is 129 g/mol. The highest BCUT2D eigenvalue weighted by Crippen LogP contribution is 1.93. The third-order valence-electron chi connectivity index (χ3n) is 1.41. The highest BCUT2D eigenvalue weighted by molar-refractivity contribution is 5.44.